The molecule has 17 heavy (non-hydrogen) atoms. The van der Waals surface area contributed by atoms with Gasteiger partial charge in [-0.25, -0.2) is 4.79 Å². The number of carbonyl (C=O) groups is 1. The fourth-order valence-electron chi connectivity index (χ4n) is 1.68. The number of carbonyl (C=O) groups excluding carboxylic acids is 1. The molecule has 1 fully saturated rings. The molecule has 0 atom stereocenters. The summed E-state index contributed by atoms with van der Waals surface area (Å²) in [6, 6.07) is 7.23. The van der Waals surface area contributed by atoms with Gasteiger partial charge < -0.3 is 15.2 Å². The van der Waals surface area contributed by atoms with Crippen molar-refractivity contribution in [2.75, 3.05) is 12.4 Å². The second-order valence-corrected chi connectivity index (χ2v) is 4.11. The number of benzene rings is 1. The van der Waals surface area contributed by atoms with Crippen molar-refractivity contribution in [1.82, 2.24) is 0 Å². The first-order valence-electron chi connectivity index (χ1n) is 5.54. The van der Waals surface area contributed by atoms with Crippen molar-refractivity contribution in [1.29, 1.82) is 0 Å². The van der Waals surface area contributed by atoms with Crippen LogP contribution in [0.25, 0.3) is 0 Å². The molecule has 0 saturated heterocycles. The van der Waals surface area contributed by atoms with E-state index >= 15 is 0 Å². The van der Waals surface area contributed by atoms with Crippen LogP contribution in [0.4, 0.5) is 10.5 Å². The Hall–Kier alpha value is -1.75. The lowest BCUT2D eigenvalue weighted by atomic mass is 9.90. The number of anilines is 1. The number of amides is 1. The van der Waals surface area contributed by atoms with Crippen LogP contribution in [0.2, 0.25) is 0 Å². The maximum Gasteiger partial charge on any atom is 0.411 e. The second-order valence-electron chi connectivity index (χ2n) is 4.11. The van der Waals surface area contributed by atoms with Crippen LogP contribution >= 0.6 is 0 Å². The molecule has 0 bridgehead atoms. The Bertz CT molecular complexity index is 385. The summed E-state index contributed by atoms with van der Waals surface area (Å²) in [6.07, 6.45) is 1.02. The Morgan fingerprint density at radius 2 is 2.00 bits per heavy atom. The molecule has 0 unspecified atom stereocenters. The minimum absolute atomic E-state index is 0.0387. The van der Waals surface area contributed by atoms with Crippen molar-refractivity contribution in [3.05, 3.63) is 24.3 Å². The molecular weight excluding hydrogens is 220 g/mol. The molecule has 0 spiro atoms. The molecular formula is C12H16N2O3. The van der Waals surface area contributed by atoms with E-state index in [0.29, 0.717) is 5.69 Å². The molecule has 5 heteroatoms. The minimum atomic E-state index is -0.438. The van der Waals surface area contributed by atoms with E-state index in [1.54, 1.807) is 31.4 Å². The van der Waals surface area contributed by atoms with Gasteiger partial charge in [0.05, 0.1) is 7.11 Å². The zero-order valence-corrected chi connectivity index (χ0v) is 9.68. The largest absolute Gasteiger partial charge is 0.497 e. The lowest BCUT2D eigenvalue weighted by molar-refractivity contribution is 0.0503. The second kappa shape index (κ2) is 5.05. The Kier molecular flexibility index (Phi) is 3.49. The Morgan fingerprint density at radius 1 is 1.35 bits per heavy atom. The Labute approximate surface area is 99.9 Å². The zero-order chi connectivity index (χ0) is 12.3. The average molecular weight is 236 g/mol. The molecule has 0 aromatic heterocycles. The lowest BCUT2D eigenvalue weighted by Gasteiger charge is -2.31. The molecule has 5 nitrogen and oxygen atoms in total. The predicted octanol–water partition coefficient (Wildman–Crippen LogP) is 1.73. The molecule has 1 aromatic carbocycles. The van der Waals surface area contributed by atoms with Crippen LogP contribution in [0.5, 0.6) is 5.75 Å². The zero-order valence-electron chi connectivity index (χ0n) is 9.68. The molecule has 1 aromatic rings. The average Bonchev–Trinajstić information content (AvgIpc) is 2.28. The van der Waals surface area contributed by atoms with Gasteiger partial charge in [0.1, 0.15) is 11.9 Å². The number of nitrogens with two attached hydrogens (primary N) is 1. The van der Waals surface area contributed by atoms with Crippen molar-refractivity contribution in [2.24, 2.45) is 5.73 Å². The molecule has 0 heterocycles. The van der Waals surface area contributed by atoms with Crippen LogP contribution in [-0.4, -0.2) is 25.3 Å². The third-order valence-electron chi connectivity index (χ3n) is 2.74. The van der Waals surface area contributed by atoms with Crippen LogP contribution in [0.3, 0.4) is 0 Å². The van der Waals surface area contributed by atoms with E-state index in [1.807, 2.05) is 0 Å². The van der Waals surface area contributed by atoms with Gasteiger partial charge in [0.2, 0.25) is 0 Å². The van der Waals surface area contributed by atoms with Gasteiger partial charge in [-0.05, 0) is 37.1 Å². The third kappa shape index (κ3) is 3.10. The number of methoxy groups -OCH3 is 1. The minimum Gasteiger partial charge on any atom is -0.497 e. The summed E-state index contributed by atoms with van der Waals surface area (Å²) in [4.78, 5) is 11.5. The van der Waals surface area contributed by atoms with Crippen molar-refractivity contribution in [3.8, 4) is 5.75 Å². The summed E-state index contributed by atoms with van der Waals surface area (Å²) in [5.41, 5.74) is 6.28. The summed E-state index contributed by atoms with van der Waals surface area (Å²) in [5, 5.41) is 2.65. The number of hydrogen-bond donors (Lipinski definition) is 2. The maximum absolute atomic E-state index is 11.5. The van der Waals surface area contributed by atoms with Crippen molar-refractivity contribution >= 4 is 11.8 Å². The van der Waals surface area contributed by atoms with E-state index in [-0.39, 0.29) is 12.1 Å². The summed E-state index contributed by atoms with van der Waals surface area (Å²) in [6.45, 7) is 0. The van der Waals surface area contributed by atoms with Gasteiger partial charge in [-0.1, -0.05) is 0 Å². The van der Waals surface area contributed by atoms with Gasteiger partial charge in [0.15, 0.2) is 0 Å². The quantitative estimate of drug-likeness (QED) is 0.838. The molecule has 92 valence electrons. The van der Waals surface area contributed by atoms with Crippen molar-refractivity contribution in [3.63, 3.8) is 0 Å². The van der Waals surface area contributed by atoms with Crippen LogP contribution < -0.4 is 15.8 Å². The smallest absolute Gasteiger partial charge is 0.411 e. The van der Waals surface area contributed by atoms with E-state index < -0.39 is 6.09 Å². The van der Waals surface area contributed by atoms with Crippen molar-refractivity contribution < 1.29 is 14.3 Å². The van der Waals surface area contributed by atoms with Crippen LogP contribution in [0.15, 0.2) is 24.3 Å². The van der Waals surface area contributed by atoms with Gasteiger partial charge >= 0.3 is 6.09 Å². The Balaban J connectivity index is 1.81. The molecule has 1 aliphatic rings. The Morgan fingerprint density at radius 3 is 2.53 bits per heavy atom. The number of hydrogen-bond acceptors (Lipinski definition) is 4. The van der Waals surface area contributed by atoms with E-state index in [4.69, 9.17) is 15.2 Å². The number of nitrogens with one attached hydrogen (secondary N) is 1. The predicted molar refractivity (Wildman–Crippen MR) is 64.1 cm³/mol. The van der Waals surface area contributed by atoms with Gasteiger partial charge in [-0.3, -0.25) is 5.32 Å². The lowest BCUT2D eigenvalue weighted by Crippen LogP contribution is -2.43. The molecule has 3 N–H and O–H groups in total. The number of ether oxygens (including phenoxy) is 2. The fourth-order valence-corrected chi connectivity index (χ4v) is 1.68. The highest BCUT2D eigenvalue weighted by molar-refractivity contribution is 5.84. The third-order valence-corrected chi connectivity index (χ3v) is 2.74. The maximum atomic E-state index is 11.5. The normalized spacial score (nSPS) is 22.5. The first-order chi connectivity index (χ1) is 8.17. The summed E-state index contributed by atoms with van der Waals surface area (Å²) < 4.78 is 10.2. The van der Waals surface area contributed by atoms with E-state index in [0.717, 1.165) is 18.6 Å². The fraction of sp³-hybridized carbons (Fsp3) is 0.417. The van der Waals surface area contributed by atoms with Gasteiger partial charge in [0.25, 0.3) is 0 Å². The number of rotatable bonds is 3. The van der Waals surface area contributed by atoms with Gasteiger partial charge in [-0.2, -0.15) is 0 Å². The van der Waals surface area contributed by atoms with E-state index in [9.17, 15) is 4.79 Å². The summed E-state index contributed by atoms with van der Waals surface area (Å²) in [5.74, 6) is 0.744. The molecule has 1 saturated carbocycles. The molecule has 1 aliphatic carbocycles. The van der Waals surface area contributed by atoms with Crippen LogP contribution in [-0.2, 0) is 4.74 Å². The first-order valence-corrected chi connectivity index (χ1v) is 5.54. The topological polar surface area (TPSA) is 73.6 Å². The highest BCUT2D eigenvalue weighted by Gasteiger charge is 2.29. The SMILES string of the molecule is COc1ccc(NC(=O)OC2CC(N)C2)cc1. The first kappa shape index (κ1) is 11.7. The molecule has 2 rings (SSSR count). The summed E-state index contributed by atoms with van der Waals surface area (Å²) in [7, 11) is 1.59. The van der Waals surface area contributed by atoms with Gasteiger partial charge in [0, 0.05) is 11.7 Å². The van der Waals surface area contributed by atoms with Crippen molar-refractivity contribution in [2.45, 2.75) is 25.0 Å². The van der Waals surface area contributed by atoms with E-state index in [1.165, 1.54) is 0 Å². The highest BCUT2D eigenvalue weighted by Crippen LogP contribution is 2.22. The van der Waals surface area contributed by atoms with E-state index in [2.05, 4.69) is 5.32 Å². The molecule has 0 radical (unpaired) electrons. The summed E-state index contributed by atoms with van der Waals surface area (Å²) >= 11 is 0. The van der Waals surface area contributed by atoms with Crippen LogP contribution in [0, 0.1) is 0 Å². The highest BCUT2D eigenvalue weighted by atomic mass is 16.6. The molecule has 0 aliphatic heterocycles. The van der Waals surface area contributed by atoms with Gasteiger partial charge in [-0.15, -0.1) is 0 Å². The standard InChI is InChI=1S/C12H16N2O3/c1-16-10-4-2-9(3-5-10)14-12(15)17-11-6-8(13)7-11/h2-5,8,11H,6-7,13H2,1H3,(H,14,15). The monoisotopic (exact) mass is 236 g/mol. The van der Waals surface area contributed by atoms with Crippen LogP contribution in [0.1, 0.15) is 12.8 Å². The molecule has 1 amide bonds.